The van der Waals surface area contributed by atoms with Gasteiger partial charge in [-0.05, 0) is 32.1 Å². The molecule has 1 aliphatic heterocycles. The Morgan fingerprint density at radius 3 is 3.00 bits per heavy atom. The topological polar surface area (TPSA) is 29.9 Å². The highest BCUT2D eigenvalue weighted by atomic mass is 32.2. The van der Waals surface area contributed by atoms with Crippen LogP contribution >= 0.6 is 11.8 Å². The van der Waals surface area contributed by atoms with Crippen molar-refractivity contribution in [2.75, 3.05) is 19.3 Å². The number of hydrogen-bond acceptors (Lipinski definition) is 3. The molecule has 1 saturated heterocycles. The van der Waals surface area contributed by atoms with Crippen LogP contribution in [0.2, 0.25) is 0 Å². The molecule has 3 nitrogen and oxygen atoms in total. The Kier molecular flexibility index (Phi) is 3.94. The van der Waals surface area contributed by atoms with Crippen molar-refractivity contribution in [1.29, 1.82) is 0 Å². The van der Waals surface area contributed by atoms with Gasteiger partial charge < -0.3 is 9.88 Å². The second kappa shape index (κ2) is 5.66. The van der Waals surface area contributed by atoms with Crippen LogP contribution in [0.25, 0.3) is 0 Å². The van der Waals surface area contributed by atoms with Crippen molar-refractivity contribution in [2.45, 2.75) is 49.3 Å². The maximum Gasteiger partial charge on any atom is 0.0951 e. The summed E-state index contributed by atoms with van der Waals surface area (Å²) in [6.45, 7) is 2.29. The lowest BCUT2D eigenvalue weighted by atomic mass is 9.93. The van der Waals surface area contributed by atoms with Crippen LogP contribution < -0.4 is 5.32 Å². The number of imidazole rings is 1. The van der Waals surface area contributed by atoms with Gasteiger partial charge in [0.25, 0.3) is 0 Å². The van der Waals surface area contributed by atoms with Crippen LogP contribution in [0, 0.1) is 0 Å². The summed E-state index contributed by atoms with van der Waals surface area (Å²) in [5.74, 6) is 0.678. The average molecular weight is 265 g/mol. The lowest BCUT2D eigenvalue weighted by Gasteiger charge is -2.33. The van der Waals surface area contributed by atoms with E-state index in [0.717, 1.165) is 18.3 Å². The van der Waals surface area contributed by atoms with Gasteiger partial charge in [0.1, 0.15) is 0 Å². The van der Waals surface area contributed by atoms with Crippen LogP contribution in [0.3, 0.4) is 0 Å². The van der Waals surface area contributed by atoms with Crippen LogP contribution in [0.15, 0.2) is 12.5 Å². The predicted octanol–water partition coefficient (Wildman–Crippen LogP) is 2.81. The third kappa shape index (κ3) is 2.32. The lowest BCUT2D eigenvalue weighted by molar-refractivity contribution is 0.354. The Morgan fingerprint density at radius 1 is 1.33 bits per heavy atom. The maximum atomic E-state index is 4.44. The van der Waals surface area contributed by atoms with E-state index >= 15 is 0 Å². The first kappa shape index (κ1) is 12.5. The third-order valence-corrected chi connectivity index (χ3v) is 5.66. The van der Waals surface area contributed by atoms with Crippen molar-refractivity contribution in [3.8, 4) is 0 Å². The fourth-order valence-corrected chi connectivity index (χ4v) is 4.47. The molecule has 4 heteroatoms. The third-order valence-electron chi connectivity index (χ3n) is 4.50. The Morgan fingerprint density at radius 2 is 2.22 bits per heavy atom. The van der Waals surface area contributed by atoms with Gasteiger partial charge in [0.15, 0.2) is 0 Å². The molecular formula is C14H23N3S. The molecule has 18 heavy (non-hydrogen) atoms. The lowest BCUT2D eigenvalue weighted by Crippen LogP contribution is -2.27. The molecule has 100 valence electrons. The normalized spacial score (nSPS) is 32.8. The van der Waals surface area contributed by atoms with Crippen LogP contribution in [0.5, 0.6) is 0 Å². The van der Waals surface area contributed by atoms with E-state index in [2.05, 4.69) is 33.6 Å². The second-order valence-corrected chi connectivity index (χ2v) is 6.62. The van der Waals surface area contributed by atoms with E-state index in [9.17, 15) is 0 Å². The molecule has 1 aliphatic carbocycles. The van der Waals surface area contributed by atoms with Crippen molar-refractivity contribution in [2.24, 2.45) is 0 Å². The summed E-state index contributed by atoms with van der Waals surface area (Å²) in [5, 5.41) is 4.25. The van der Waals surface area contributed by atoms with E-state index in [4.69, 9.17) is 0 Å². The molecule has 1 aromatic heterocycles. The van der Waals surface area contributed by atoms with Gasteiger partial charge in [0, 0.05) is 35.6 Å². The van der Waals surface area contributed by atoms with Gasteiger partial charge in [0.05, 0.1) is 6.33 Å². The van der Waals surface area contributed by atoms with Crippen molar-refractivity contribution in [3.63, 3.8) is 0 Å². The van der Waals surface area contributed by atoms with Gasteiger partial charge in [-0.3, -0.25) is 0 Å². The van der Waals surface area contributed by atoms with Crippen molar-refractivity contribution in [3.05, 3.63) is 18.2 Å². The molecule has 0 aromatic carbocycles. The summed E-state index contributed by atoms with van der Waals surface area (Å²) in [6.07, 6.45) is 13.2. The molecule has 2 heterocycles. The van der Waals surface area contributed by atoms with Crippen LogP contribution in [-0.2, 0) is 0 Å². The van der Waals surface area contributed by atoms with Gasteiger partial charge in [-0.25, -0.2) is 4.98 Å². The molecule has 3 atom stereocenters. The summed E-state index contributed by atoms with van der Waals surface area (Å²) in [7, 11) is 0. The monoisotopic (exact) mass is 265 g/mol. The van der Waals surface area contributed by atoms with Gasteiger partial charge in [-0.15, -0.1) is 0 Å². The fourth-order valence-electron chi connectivity index (χ4n) is 3.49. The zero-order chi connectivity index (χ0) is 12.4. The molecule has 1 N–H and O–H groups in total. The van der Waals surface area contributed by atoms with Gasteiger partial charge in [-0.2, -0.15) is 11.8 Å². The van der Waals surface area contributed by atoms with Crippen molar-refractivity contribution < 1.29 is 0 Å². The van der Waals surface area contributed by atoms with Crippen LogP contribution in [0.1, 0.15) is 49.8 Å². The van der Waals surface area contributed by atoms with Gasteiger partial charge >= 0.3 is 0 Å². The quantitative estimate of drug-likeness (QED) is 0.911. The number of hydrogen-bond donors (Lipinski definition) is 1. The molecule has 2 fully saturated rings. The second-order valence-electron chi connectivity index (χ2n) is 5.54. The zero-order valence-corrected chi connectivity index (χ0v) is 12.0. The minimum Gasteiger partial charge on any atom is -0.330 e. The summed E-state index contributed by atoms with van der Waals surface area (Å²) >= 11 is 2.04. The van der Waals surface area contributed by atoms with E-state index in [1.165, 1.54) is 37.8 Å². The molecule has 0 radical (unpaired) electrons. The standard InChI is InChI=1S/C14H23N3S/c1-18-14-5-3-2-4-12(14)17-10-16-9-13(17)11-6-7-15-8-11/h9-12,14-15H,2-8H2,1H3. The summed E-state index contributed by atoms with van der Waals surface area (Å²) < 4.78 is 2.50. The van der Waals surface area contributed by atoms with Gasteiger partial charge in [0.2, 0.25) is 0 Å². The number of nitrogens with one attached hydrogen (secondary N) is 1. The fraction of sp³-hybridized carbons (Fsp3) is 0.786. The van der Waals surface area contributed by atoms with E-state index in [0.29, 0.717) is 12.0 Å². The minimum absolute atomic E-state index is 0.673. The molecule has 0 bridgehead atoms. The SMILES string of the molecule is CSC1CCCCC1n1cncc1C1CCNC1. The first-order valence-electron chi connectivity index (χ1n) is 7.15. The summed E-state index contributed by atoms with van der Waals surface area (Å²) in [4.78, 5) is 4.44. The molecule has 1 saturated carbocycles. The summed E-state index contributed by atoms with van der Waals surface area (Å²) in [6, 6.07) is 0.673. The number of aromatic nitrogens is 2. The Hall–Kier alpha value is -0.480. The highest BCUT2D eigenvalue weighted by molar-refractivity contribution is 7.99. The van der Waals surface area contributed by atoms with E-state index in [1.807, 2.05) is 11.8 Å². The highest BCUT2D eigenvalue weighted by Gasteiger charge is 2.29. The van der Waals surface area contributed by atoms with Gasteiger partial charge in [-0.1, -0.05) is 12.8 Å². The average Bonchev–Trinajstić information content (AvgIpc) is 3.09. The smallest absolute Gasteiger partial charge is 0.0951 e. The molecule has 1 aromatic rings. The largest absolute Gasteiger partial charge is 0.330 e. The molecule has 0 spiro atoms. The number of nitrogens with zero attached hydrogens (tertiary/aromatic N) is 2. The Balaban J connectivity index is 1.84. The van der Waals surface area contributed by atoms with Crippen LogP contribution in [-0.4, -0.2) is 34.1 Å². The number of rotatable bonds is 3. The first-order valence-corrected chi connectivity index (χ1v) is 8.44. The molecule has 3 unspecified atom stereocenters. The first-order chi connectivity index (χ1) is 8.90. The molecule has 3 rings (SSSR count). The Labute approximate surface area is 114 Å². The number of thioether (sulfide) groups is 1. The van der Waals surface area contributed by atoms with E-state index in [-0.39, 0.29) is 0 Å². The van der Waals surface area contributed by atoms with Crippen LogP contribution in [0.4, 0.5) is 0 Å². The van der Waals surface area contributed by atoms with E-state index in [1.54, 1.807) is 0 Å². The van der Waals surface area contributed by atoms with Crippen molar-refractivity contribution >= 4 is 11.8 Å². The molecular weight excluding hydrogens is 242 g/mol. The van der Waals surface area contributed by atoms with E-state index < -0.39 is 0 Å². The Bertz CT molecular complexity index is 384. The predicted molar refractivity (Wildman–Crippen MR) is 77.3 cm³/mol. The molecule has 0 amide bonds. The minimum atomic E-state index is 0.673. The highest BCUT2D eigenvalue weighted by Crippen LogP contribution is 2.37. The summed E-state index contributed by atoms with van der Waals surface area (Å²) in [5.41, 5.74) is 1.46. The zero-order valence-electron chi connectivity index (χ0n) is 11.1. The molecule has 2 aliphatic rings. The maximum absolute atomic E-state index is 4.44. The van der Waals surface area contributed by atoms with Crippen molar-refractivity contribution in [1.82, 2.24) is 14.9 Å².